The van der Waals surface area contributed by atoms with Gasteiger partial charge in [0.1, 0.15) is 12.2 Å². The summed E-state index contributed by atoms with van der Waals surface area (Å²) in [5, 5.41) is 18.7. The second kappa shape index (κ2) is 6.35. The lowest BCUT2D eigenvalue weighted by Gasteiger charge is -2.05. The van der Waals surface area contributed by atoms with Gasteiger partial charge in [0.15, 0.2) is 0 Å². The number of carboxylic acid groups (broad SMARTS) is 1. The number of amides is 1. The maximum absolute atomic E-state index is 11.9. The van der Waals surface area contributed by atoms with Crippen molar-refractivity contribution in [2.45, 2.75) is 13.1 Å². The van der Waals surface area contributed by atoms with E-state index in [4.69, 9.17) is 10.8 Å². The first-order valence-corrected chi connectivity index (χ1v) is 6.69. The van der Waals surface area contributed by atoms with Crippen LogP contribution in [0.25, 0.3) is 0 Å². The molecule has 0 unspecified atom stereocenters. The quantitative estimate of drug-likeness (QED) is 0.677. The summed E-state index contributed by atoms with van der Waals surface area (Å²) < 4.78 is 1.83. The zero-order chi connectivity index (χ0) is 15.4. The van der Waals surface area contributed by atoms with Crippen LogP contribution >= 0.6 is 15.9 Å². The van der Waals surface area contributed by atoms with Gasteiger partial charge in [0, 0.05) is 15.7 Å². The molecule has 0 bridgehead atoms. The Morgan fingerprint density at radius 1 is 1.43 bits per heavy atom. The van der Waals surface area contributed by atoms with Crippen molar-refractivity contribution in [1.29, 1.82) is 0 Å². The van der Waals surface area contributed by atoms with E-state index in [2.05, 4.69) is 31.6 Å². The number of carboxylic acids is 1. The molecule has 9 heteroatoms. The molecule has 0 aliphatic carbocycles. The Morgan fingerprint density at radius 3 is 2.86 bits per heavy atom. The lowest BCUT2D eigenvalue weighted by atomic mass is 10.2. The summed E-state index contributed by atoms with van der Waals surface area (Å²) in [5.74, 6) is -1.30. The van der Waals surface area contributed by atoms with E-state index in [0.29, 0.717) is 21.4 Å². The summed E-state index contributed by atoms with van der Waals surface area (Å²) >= 11 is 3.25. The number of rotatable bonds is 5. The number of nitrogens with one attached hydrogen (secondary N) is 1. The molecule has 0 fully saturated rings. The lowest BCUT2D eigenvalue weighted by Crippen LogP contribution is -2.23. The van der Waals surface area contributed by atoms with E-state index in [1.165, 1.54) is 10.9 Å². The molecule has 1 aromatic carbocycles. The van der Waals surface area contributed by atoms with Crippen LogP contribution < -0.4 is 11.1 Å². The SMILES string of the molecule is Nc1ccc(C(=O)NCc2cn(CC(=O)O)nn2)cc1Br. The first-order chi connectivity index (χ1) is 9.95. The summed E-state index contributed by atoms with van der Waals surface area (Å²) in [4.78, 5) is 22.5. The van der Waals surface area contributed by atoms with E-state index >= 15 is 0 Å². The number of aromatic nitrogens is 3. The van der Waals surface area contributed by atoms with Crippen molar-refractivity contribution < 1.29 is 14.7 Å². The monoisotopic (exact) mass is 353 g/mol. The van der Waals surface area contributed by atoms with E-state index in [1.54, 1.807) is 18.2 Å². The zero-order valence-electron chi connectivity index (χ0n) is 10.8. The number of nitrogen functional groups attached to an aromatic ring is 1. The number of aliphatic carboxylic acids is 1. The summed E-state index contributed by atoms with van der Waals surface area (Å²) in [6.07, 6.45) is 1.47. The van der Waals surface area contributed by atoms with Gasteiger partial charge in [-0.1, -0.05) is 5.21 Å². The Labute approximate surface area is 128 Å². The van der Waals surface area contributed by atoms with E-state index in [1.807, 2.05) is 0 Å². The largest absolute Gasteiger partial charge is 0.480 e. The highest BCUT2D eigenvalue weighted by atomic mass is 79.9. The molecule has 0 saturated heterocycles. The average Bonchev–Trinajstić information content (AvgIpc) is 2.86. The van der Waals surface area contributed by atoms with E-state index in [-0.39, 0.29) is 19.0 Å². The molecule has 1 amide bonds. The van der Waals surface area contributed by atoms with Crippen molar-refractivity contribution in [2.75, 3.05) is 5.73 Å². The Kier molecular flexibility index (Phi) is 4.53. The molecule has 4 N–H and O–H groups in total. The minimum Gasteiger partial charge on any atom is -0.480 e. The Balaban J connectivity index is 1.95. The van der Waals surface area contributed by atoms with Crippen LogP contribution in [0.5, 0.6) is 0 Å². The highest BCUT2D eigenvalue weighted by Gasteiger charge is 2.09. The molecule has 1 aromatic heterocycles. The predicted octanol–water partition coefficient (Wildman–Crippen LogP) is 0.637. The third kappa shape index (κ3) is 4.02. The van der Waals surface area contributed by atoms with Gasteiger partial charge < -0.3 is 16.2 Å². The number of halogens is 1. The van der Waals surface area contributed by atoms with Gasteiger partial charge in [-0.05, 0) is 34.1 Å². The summed E-state index contributed by atoms with van der Waals surface area (Å²) in [5.41, 5.74) is 7.12. The van der Waals surface area contributed by atoms with Gasteiger partial charge in [-0.15, -0.1) is 5.10 Å². The first kappa shape index (κ1) is 15.0. The van der Waals surface area contributed by atoms with Crippen molar-refractivity contribution >= 4 is 33.5 Å². The van der Waals surface area contributed by atoms with Crippen molar-refractivity contribution in [3.63, 3.8) is 0 Å². The number of carbonyl (C=O) groups excluding carboxylic acids is 1. The lowest BCUT2D eigenvalue weighted by molar-refractivity contribution is -0.137. The fourth-order valence-electron chi connectivity index (χ4n) is 1.58. The van der Waals surface area contributed by atoms with Crippen molar-refractivity contribution in [3.05, 3.63) is 40.1 Å². The molecule has 110 valence electrons. The molecule has 0 aliphatic heterocycles. The van der Waals surface area contributed by atoms with Crippen molar-refractivity contribution in [2.24, 2.45) is 0 Å². The summed E-state index contributed by atoms with van der Waals surface area (Å²) in [7, 11) is 0. The third-order valence-electron chi connectivity index (χ3n) is 2.58. The molecular weight excluding hydrogens is 342 g/mol. The third-order valence-corrected chi connectivity index (χ3v) is 3.26. The van der Waals surface area contributed by atoms with Gasteiger partial charge >= 0.3 is 5.97 Å². The van der Waals surface area contributed by atoms with Gasteiger partial charge in [-0.25, -0.2) is 4.68 Å². The smallest absolute Gasteiger partial charge is 0.325 e. The van der Waals surface area contributed by atoms with Gasteiger partial charge in [-0.3, -0.25) is 9.59 Å². The van der Waals surface area contributed by atoms with Crippen LogP contribution in [0.2, 0.25) is 0 Å². The molecule has 21 heavy (non-hydrogen) atoms. The maximum atomic E-state index is 11.9. The van der Waals surface area contributed by atoms with Crippen LogP contribution in [0.1, 0.15) is 16.1 Å². The van der Waals surface area contributed by atoms with Gasteiger partial charge in [0.2, 0.25) is 0 Å². The number of anilines is 1. The normalized spacial score (nSPS) is 10.3. The summed E-state index contributed by atoms with van der Waals surface area (Å²) in [6.45, 7) is -0.119. The minimum atomic E-state index is -1.01. The van der Waals surface area contributed by atoms with Crippen molar-refractivity contribution in [3.8, 4) is 0 Å². The predicted molar refractivity (Wildman–Crippen MR) is 77.4 cm³/mol. The molecule has 0 atom stereocenters. The molecule has 2 aromatic rings. The van der Waals surface area contributed by atoms with Crippen LogP contribution in [0.15, 0.2) is 28.9 Å². The fourth-order valence-corrected chi connectivity index (χ4v) is 1.96. The number of hydrogen-bond donors (Lipinski definition) is 3. The molecule has 8 nitrogen and oxygen atoms in total. The number of hydrogen-bond acceptors (Lipinski definition) is 5. The molecule has 0 aliphatic rings. The number of benzene rings is 1. The van der Waals surface area contributed by atoms with E-state index in [9.17, 15) is 9.59 Å². The van der Waals surface area contributed by atoms with E-state index in [0.717, 1.165) is 0 Å². The molecule has 0 spiro atoms. The minimum absolute atomic E-state index is 0.153. The molecule has 1 heterocycles. The van der Waals surface area contributed by atoms with Gasteiger partial charge in [-0.2, -0.15) is 0 Å². The maximum Gasteiger partial charge on any atom is 0.325 e. The van der Waals surface area contributed by atoms with Crippen LogP contribution in [0, 0.1) is 0 Å². The Hall–Kier alpha value is -2.42. The standard InChI is InChI=1S/C12H12BrN5O3/c13-9-3-7(1-2-10(9)14)12(21)15-4-8-5-18(17-16-8)6-11(19)20/h1-3,5H,4,6,14H2,(H,15,21)(H,19,20). The molecule has 0 saturated carbocycles. The second-order valence-corrected chi connectivity index (χ2v) is 5.07. The van der Waals surface area contributed by atoms with Crippen LogP contribution in [0.3, 0.4) is 0 Å². The average molecular weight is 354 g/mol. The Morgan fingerprint density at radius 2 is 2.19 bits per heavy atom. The van der Waals surface area contributed by atoms with Crippen LogP contribution in [0.4, 0.5) is 5.69 Å². The molecule has 2 rings (SSSR count). The highest BCUT2D eigenvalue weighted by molar-refractivity contribution is 9.10. The second-order valence-electron chi connectivity index (χ2n) is 4.22. The number of carbonyl (C=O) groups is 2. The first-order valence-electron chi connectivity index (χ1n) is 5.89. The Bertz CT molecular complexity index is 685. The zero-order valence-corrected chi connectivity index (χ0v) is 12.4. The topological polar surface area (TPSA) is 123 Å². The van der Waals surface area contributed by atoms with Crippen LogP contribution in [-0.2, 0) is 17.9 Å². The highest BCUT2D eigenvalue weighted by Crippen LogP contribution is 2.20. The fraction of sp³-hybridized carbons (Fsp3) is 0.167. The van der Waals surface area contributed by atoms with Crippen LogP contribution in [-0.4, -0.2) is 32.0 Å². The van der Waals surface area contributed by atoms with Gasteiger partial charge in [0.05, 0.1) is 12.7 Å². The number of nitrogens with zero attached hydrogens (tertiary/aromatic N) is 3. The molecular formula is C12H12BrN5O3. The molecule has 0 radical (unpaired) electrons. The summed E-state index contributed by atoms with van der Waals surface area (Å²) in [6, 6.07) is 4.85. The van der Waals surface area contributed by atoms with Crippen molar-refractivity contribution in [1.82, 2.24) is 20.3 Å². The number of nitrogens with two attached hydrogens (primary N) is 1. The van der Waals surface area contributed by atoms with E-state index < -0.39 is 5.97 Å². The van der Waals surface area contributed by atoms with Gasteiger partial charge in [0.25, 0.3) is 5.91 Å².